The van der Waals surface area contributed by atoms with E-state index in [9.17, 15) is 0 Å². The fraction of sp³-hybridized carbons (Fsp3) is 0.379. The molecule has 42 heavy (non-hydrogen) atoms. The van der Waals surface area contributed by atoms with Crippen molar-refractivity contribution in [2.24, 2.45) is 0 Å². The highest BCUT2D eigenvalue weighted by atomic mass is 35.5. The Labute approximate surface area is 258 Å². The Morgan fingerprint density at radius 1 is 1.17 bits per heavy atom. The van der Waals surface area contributed by atoms with Gasteiger partial charge in [0.1, 0.15) is 53.7 Å². The Hall–Kier alpha value is -2.60. The lowest BCUT2D eigenvalue weighted by Gasteiger charge is -2.48. The van der Waals surface area contributed by atoms with E-state index >= 15 is 0 Å². The molecule has 6 atom stereocenters. The number of nitrogens with zero attached hydrogens (tertiary/aromatic N) is 5. The lowest BCUT2D eigenvalue weighted by atomic mass is 9.96. The van der Waals surface area contributed by atoms with E-state index in [0.29, 0.717) is 22.5 Å². The van der Waals surface area contributed by atoms with Crippen LogP contribution in [0.15, 0.2) is 65.3 Å². The van der Waals surface area contributed by atoms with Crippen LogP contribution in [0, 0.1) is 11.5 Å². The van der Waals surface area contributed by atoms with Gasteiger partial charge in [0, 0.05) is 40.9 Å². The molecule has 2 fully saturated rings. The van der Waals surface area contributed by atoms with Gasteiger partial charge in [0.25, 0.3) is 0 Å². The number of thiazole rings is 1. The van der Waals surface area contributed by atoms with Gasteiger partial charge in [-0.25, -0.2) is 9.67 Å². The molecule has 0 radical (unpaired) electrons. The van der Waals surface area contributed by atoms with Gasteiger partial charge in [-0.2, -0.15) is 0 Å². The number of fused-ring (bicyclic) bond motifs is 1. The summed E-state index contributed by atoms with van der Waals surface area (Å²) in [7, 11) is 0.147. The van der Waals surface area contributed by atoms with Gasteiger partial charge < -0.3 is 18.9 Å². The number of rotatable bonds is 6. The minimum Gasteiger partial charge on any atom is -0.375 e. The lowest BCUT2D eigenvalue weighted by molar-refractivity contribution is -0.308. The van der Waals surface area contributed by atoms with Crippen molar-refractivity contribution < 1.29 is 18.9 Å². The molecule has 0 saturated carbocycles. The largest absolute Gasteiger partial charge is 0.375 e. The topological polar surface area (TPSA) is 93.4 Å². The second-order valence-corrected chi connectivity index (χ2v) is 18.2. The predicted molar refractivity (Wildman–Crippen MR) is 165 cm³/mol. The van der Waals surface area contributed by atoms with Crippen LogP contribution >= 0.6 is 34.7 Å². The highest BCUT2D eigenvalue weighted by Gasteiger charge is 2.52. The molecule has 6 rings (SSSR count). The number of methoxy groups -OCH3 is 1. The summed E-state index contributed by atoms with van der Waals surface area (Å²) in [6.45, 7) is 7.00. The van der Waals surface area contributed by atoms with Crippen molar-refractivity contribution in [3.05, 3.63) is 76.6 Å². The first-order valence-corrected chi connectivity index (χ1v) is 19.1. The van der Waals surface area contributed by atoms with Gasteiger partial charge in [-0.1, -0.05) is 84.5 Å². The summed E-state index contributed by atoms with van der Waals surface area (Å²) in [6.07, 6.45) is 3.68. The van der Waals surface area contributed by atoms with Crippen LogP contribution in [0.1, 0.15) is 23.5 Å². The summed E-state index contributed by atoms with van der Waals surface area (Å²) < 4.78 is 27.3. The van der Waals surface area contributed by atoms with E-state index in [1.165, 1.54) is 23.1 Å². The third-order valence-electron chi connectivity index (χ3n) is 6.71. The number of ether oxygens (including phenoxy) is 4. The smallest absolute Gasteiger partial charge is 0.184 e. The first-order valence-electron chi connectivity index (χ1n) is 13.5. The summed E-state index contributed by atoms with van der Waals surface area (Å²) in [5.41, 5.74) is 5.43. The fourth-order valence-electron chi connectivity index (χ4n) is 4.83. The first-order chi connectivity index (χ1) is 20.3. The first kappa shape index (κ1) is 29.5. The maximum absolute atomic E-state index is 6.62. The zero-order valence-electron chi connectivity index (χ0n) is 23.5. The third-order valence-corrected chi connectivity index (χ3v) is 9.88. The van der Waals surface area contributed by atoms with Crippen LogP contribution in [0.5, 0.6) is 0 Å². The Kier molecular flexibility index (Phi) is 8.81. The molecule has 0 aliphatic carbocycles. The number of hydrogen-bond acceptors (Lipinski definition) is 10. The van der Waals surface area contributed by atoms with E-state index in [2.05, 4.69) is 51.4 Å². The van der Waals surface area contributed by atoms with Crippen LogP contribution in [0.3, 0.4) is 0 Å². The molecule has 4 aromatic rings. The number of aromatic nitrogens is 5. The molecular weight excluding hydrogens is 610 g/mol. The summed E-state index contributed by atoms with van der Waals surface area (Å²) >= 11 is 9.03. The molecule has 3 aromatic heterocycles. The van der Waals surface area contributed by atoms with Crippen molar-refractivity contribution in [2.45, 2.75) is 60.6 Å². The van der Waals surface area contributed by atoms with Gasteiger partial charge in [-0.3, -0.25) is 4.98 Å². The van der Waals surface area contributed by atoms with E-state index in [0.717, 1.165) is 16.0 Å². The summed E-state index contributed by atoms with van der Waals surface area (Å²) in [5, 5.41) is 11.8. The highest BCUT2D eigenvalue weighted by molar-refractivity contribution is 7.99. The SMILES string of the molecule is CO[C@H]1C(n2cc(-c3nc(Cl)cs3)nn2)[C@H]2OC(c3ccccc3)OCC2O[C@@H]1Sc1cncc(C#C[Si](C)(C)C)c1. The maximum Gasteiger partial charge on any atom is 0.184 e. The summed E-state index contributed by atoms with van der Waals surface area (Å²) in [4.78, 5) is 9.74. The molecule has 0 amide bonds. The monoisotopic (exact) mass is 639 g/mol. The second-order valence-electron chi connectivity index (χ2n) is 11.0. The van der Waals surface area contributed by atoms with E-state index in [1.807, 2.05) is 48.8 Å². The van der Waals surface area contributed by atoms with Gasteiger partial charge >= 0.3 is 0 Å². The van der Waals surface area contributed by atoms with E-state index < -0.39 is 32.0 Å². The van der Waals surface area contributed by atoms with E-state index in [-0.39, 0.29) is 12.1 Å². The van der Waals surface area contributed by atoms with Crippen LogP contribution in [0.25, 0.3) is 10.7 Å². The van der Waals surface area contributed by atoms with Crippen LogP contribution < -0.4 is 0 Å². The number of thioether (sulfide) groups is 1. The molecule has 0 bridgehead atoms. The molecule has 1 aromatic carbocycles. The summed E-state index contributed by atoms with van der Waals surface area (Å²) in [5.74, 6) is 3.29. The molecular formula is C29H30ClN5O4S2Si. The Bertz CT molecular complexity index is 1590. The molecule has 2 aliphatic rings. The average molecular weight is 640 g/mol. The van der Waals surface area contributed by atoms with Crippen molar-refractivity contribution in [3.8, 4) is 22.2 Å². The number of hydrogen-bond donors (Lipinski definition) is 0. The van der Waals surface area contributed by atoms with Gasteiger partial charge in [0.05, 0.1) is 12.8 Å². The Morgan fingerprint density at radius 3 is 2.74 bits per heavy atom. The molecule has 13 heteroatoms. The molecule has 5 heterocycles. The quantitative estimate of drug-likeness (QED) is 0.190. The van der Waals surface area contributed by atoms with Crippen molar-refractivity contribution in [3.63, 3.8) is 0 Å². The van der Waals surface area contributed by atoms with Crippen LogP contribution in [0.4, 0.5) is 0 Å². The van der Waals surface area contributed by atoms with Gasteiger partial charge in [0.2, 0.25) is 0 Å². The van der Waals surface area contributed by atoms with Gasteiger partial charge in [-0.05, 0) is 6.07 Å². The Morgan fingerprint density at radius 2 is 2.00 bits per heavy atom. The molecule has 2 saturated heterocycles. The van der Waals surface area contributed by atoms with E-state index in [1.54, 1.807) is 23.4 Å². The minimum absolute atomic E-state index is 0.345. The lowest BCUT2D eigenvalue weighted by Crippen LogP contribution is -2.59. The number of pyridine rings is 1. The van der Waals surface area contributed by atoms with E-state index in [4.69, 9.17) is 30.5 Å². The predicted octanol–water partition coefficient (Wildman–Crippen LogP) is 5.87. The normalized spacial score (nSPS) is 25.8. The zero-order valence-corrected chi connectivity index (χ0v) is 26.9. The molecule has 3 unspecified atom stereocenters. The van der Waals surface area contributed by atoms with Crippen molar-refractivity contribution in [1.29, 1.82) is 0 Å². The number of benzene rings is 1. The van der Waals surface area contributed by atoms with Gasteiger partial charge in [0.15, 0.2) is 6.29 Å². The van der Waals surface area contributed by atoms with Crippen molar-refractivity contribution >= 4 is 42.8 Å². The fourth-order valence-corrected chi connectivity index (χ4v) is 7.43. The molecule has 0 spiro atoms. The zero-order chi connectivity index (χ0) is 29.3. The van der Waals surface area contributed by atoms with Gasteiger partial charge in [-0.15, -0.1) is 22.0 Å². The molecule has 2 aliphatic heterocycles. The summed E-state index contributed by atoms with van der Waals surface area (Å²) in [6, 6.07) is 11.5. The molecule has 0 N–H and O–H groups in total. The second kappa shape index (κ2) is 12.6. The van der Waals surface area contributed by atoms with Crippen LogP contribution in [0.2, 0.25) is 24.8 Å². The standard InChI is InChI=1S/C29H30ClN5O4S2Si/c1-36-26-24(35-15-21(33-34-35)27-32-23(30)17-40-27)25-22(16-37-28(39-25)19-8-6-5-7-9-19)38-29(26)41-20-12-18(13-31-14-20)10-11-42(2,3)4/h5-9,12-15,17,22,24-26,28-29H,16H2,1-4H3/t22?,24?,25-,26-,28?,29+/m0/s1. The minimum atomic E-state index is -1.53. The maximum atomic E-state index is 6.62. The average Bonchev–Trinajstić information content (AvgIpc) is 3.65. The van der Waals surface area contributed by atoms with Crippen molar-refractivity contribution in [2.75, 3.05) is 13.7 Å². The molecule has 218 valence electrons. The number of halogens is 1. The molecule has 9 nitrogen and oxygen atoms in total. The van der Waals surface area contributed by atoms with Crippen molar-refractivity contribution in [1.82, 2.24) is 25.0 Å². The van der Waals surface area contributed by atoms with Crippen LogP contribution in [-0.4, -0.2) is 70.5 Å². The van der Waals surface area contributed by atoms with Crippen LogP contribution in [-0.2, 0) is 18.9 Å². The third kappa shape index (κ3) is 6.64. The Balaban J connectivity index is 1.32. The highest BCUT2D eigenvalue weighted by Crippen LogP contribution is 2.44.